The Morgan fingerprint density at radius 2 is 0.818 bits per heavy atom. The molecule has 0 aromatic rings. The molecule has 0 unspecified atom stereocenters. The molecule has 0 radical (unpaired) electrons. The molecule has 0 heterocycles. The van der Waals surface area contributed by atoms with E-state index in [1.807, 2.05) is 0 Å². The summed E-state index contributed by atoms with van der Waals surface area (Å²) in [4.78, 5) is 20.1. The Labute approximate surface area is 134 Å². The molecule has 0 spiro atoms. The zero-order chi connectivity index (χ0) is 17.1. The number of hydrogen-bond acceptors (Lipinski definition) is 4. The second-order valence-electron chi connectivity index (χ2n) is 5.40. The zero-order valence-electron chi connectivity index (χ0n) is 13.8. The molecule has 0 amide bonds. The SMILES string of the molecule is NCCCCCCCC(=O)O.NCCCCCCCC(=O)O. The van der Waals surface area contributed by atoms with Gasteiger partial charge in [-0.05, 0) is 38.8 Å². The minimum atomic E-state index is -0.691. The van der Waals surface area contributed by atoms with Gasteiger partial charge in [0, 0.05) is 12.8 Å². The molecule has 0 saturated heterocycles. The standard InChI is InChI=1S/2C8H17NO2/c2*9-7-5-3-1-2-4-6-8(10)11/h2*1-7,9H2,(H,10,11). The number of rotatable bonds is 14. The fraction of sp³-hybridized carbons (Fsp3) is 0.875. The van der Waals surface area contributed by atoms with Crippen LogP contribution in [0.3, 0.4) is 0 Å². The number of carbonyl (C=O) groups is 2. The van der Waals surface area contributed by atoms with E-state index in [-0.39, 0.29) is 0 Å². The first-order chi connectivity index (χ1) is 10.5. The van der Waals surface area contributed by atoms with Gasteiger partial charge in [0.25, 0.3) is 0 Å². The predicted molar refractivity (Wildman–Crippen MR) is 88.8 cm³/mol. The van der Waals surface area contributed by atoms with E-state index in [1.54, 1.807) is 0 Å². The van der Waals surface area contributed by atoms with Gasteiger partial charge in [0.05, 0.1) is 0 Å². The quantitative estimate of drug-likeness (QED) is 0.365. The number of unbranched alkanes of at least 4 members (excludes halogenated alkanes) is 8. The average Bonchev–Trinajstić information content (AvgIpc) is 2.46. The summed E-state index contributed by atoms with van der Waals surface area (Å²) in [6.07, 6.45) is 10.9. The predicted octanol–water partition coefficient (Wildman–Crippen LogP) is 2.74. The van der Waals surface area contributed by atoms with Gasteiger partial charge in [-0.25, -0.2) is 0 Å². The Bertz CT molecular complexity index is 235. The lowest BCUT2D eigenvalue weighted by molar-refractivity contribution is -0.138. The minimum absolute atomic E-state index is 0.308. The molecular weight excluding hydrogens is 284 g/mol. The van der Waals surface area contributed by atoms with Crippen molar-refractivity contribution in [3.8, 4) is 0 Å². The van der Waals surface area contributed by atoms with Crippen molar-refractivity contribution in [3.63, 3.8) is 0 Å². The van der Waals surface area contributed by atoms with Crippen LogP contribution in [0.5, 0.6) is 0 Å². The lowest BCUT2D eigenvalue weighted by atomic mass is 10.1. The van der Waals surface area contributed by atoms with Gasteiger partial charge in [0.2, 0.25) is 0 Å². The van der Waals surface area contributed by atoms with Gasteiger partial charge in [-0.2, -0.15) is 0 Å². The third-order valence-electron chi connectivity index (χ3n) is 3.19. The molecule has 0 rings (SSSR count). The number of carboxylic acid groups (broad SMARTS) is 2. The molecule has 0 fully saturated rings. The summed E-state index contributed by atoms with van der Waals surface area (Å²) >= 11 is 0. The highest BCUT2D eigenvalue weighted by Crippen LogP contribution is 2.04. The van der Waals surface area contributed by atoms with Gasteiger partial charge in [0.1, 0.15) is 0 Å². The van der Waals surface area contributed by atoms with Crippen molar-refractivity contribution in [2.45, 2.75) is 77.0 Å². The molecule has 0 aliphatic carbocycles. The Balaban J connectivity index is 0. The number of carboxylic acids is 2. The Hall–Kier alpha value is -1.14. The van der Waals surface area contributed by atoms with Crippen molar-refractivity contribution in [2.24, 2.45) is 11.5 Å². The van der Waals surface area contributed by atoms with Gasteiger partial charge in [-0.1, -0.05) is 38.5 Å². The lowest BCUT2D eigenvalue weighted by Crippen LogP contribution is -1.98. The Kier molecular flexibility index (Phi) is 20.9. The van der Waals surface area contributed by atoms with Crippen LogP contribution in [0.15, 0.2) is 0 Å². The number of aliphatic carboxylic acids is 2. The largest absolute Gasteiger partial charge is 0.481 e. The summed E-state index contributed by atoms with van der Waals surface area (Å²) in [6, 6.07) is 0. The van der Waals surface area contributed by atoms with Crippen molar-refractivity contribution in [1.82, 2.24) is 0 Å². The maximum absolute atomic E-state index is 10.1. The van der Waals surface area contributed by atoms with E-state index in [4.69, 9.17) is 21.7 Å². The topological polar surface area (TPSA) is 127 Å². The second-order valence-corrected chi connectivity index (χ2v) is 5.40. The van der Waals surface area contributed by atoms with Crippen molar-refractivity contribution in [3.05, 3.63) is 0 Å². The van der Waals surface area contributed by atoms with E-state index in [1.165, 1.54) is 0 Å². The summed E-state index contributed by atoms with van der Waals surface area (Å²) in [5.41, 5.74) is 10.6. The summed E-state index contributed by atoms with van der Waals surface area (Å²) < 4.78 is 0. The van der Waals surface area contributed by atoms with Gasteiger partial charge >= 0.3 is 11.9 Å². The van der Waals surface area contributed by atoms with Crippen LogP contribution in [0.4, 0.5) is 0 Å². The first-order valence-corrected chi connectivity index (χ1v) is 8.38. The van der Waals surface area contributed by atoms with Crippen LogP contribution in [0.1, 0.15) is 77.0 Å². The number of nitrogens with two attached hydrogens (primary N) is 2. The highest BCUT2D eigenvalue weighted by atomic mass is 16.4. The van der Waals surface area contributed by atoms with Crippen LogP contribution < -0.4 is 11.5 Å². The fourth-order valence-electron chi connectivity index (χ4n) is 1.90. The molecule has 0 saturated carbocycles. The van der Waals surface area contributed by atoms with Crippen LogP contribution in [-0.2, 0) is 9.59 Å². The fourth-order valence-corrected chi connectivity index (χ4v) is 1.90. The molecule has 22 heavy (non-hydrogen) atoms. The average molecular weight is 318 g/mol. The normalized spacial score (nSPS) is 9.91. The summed E-state index contributed by atoms with van der Waals surface area (Å²) in [5.74, 6) is -1.38. The maximum Gasteiger partial charge on any atom is 0.303 e. The third kappa shape index (κ3) is 27.2. The maximum atomic E-state index is 10.1. The molecule has 0 bridgehead atoms. The number of hydrogen-bond donors (Lipinski definition) is 4. The molecule has 0 aromatic heterocycles. The van der Waals surface area contributed by atoms with Gasteiger partial charge < -0.3 is 21.7 Å². The molecular formula is C16H34N2O4. The third-order valence-corrected chi connectivity index (χ3v) is 3.19. The first kappa shape index (κ1) is 23.1. The van der Waals surface area contributed by atoms with Crippen LogP contribution in [0, 0.1) is 0 Å². The molecule has 0 aromatic carbocycles. The zero-order valence-corrected chi connectivity index (χ0v) is 13.8. The lowest BCUT2D eigenvalue weighted by Gasteiger charge is -1.97. The van der Waals surface area contributed by atoms with Crippen molar-refractivity contribution < 1.29 is 19.8 Å². The smallest absolute Gasteiger partial charge is 0.303 e. The first-order valence-electron chi connectivity index (χ1n) is 8.38. The van der Waals surface area contributed by atoms with E-state index < -0.39 is 11.9 Å². The van der Waals surface area contributed by atoms with Crippen LogP contribution in [-0.4, -0.2) is 35.2 Å². The highest BCUT2D eigenvalue weighted by Gasteiger charge is 1.96. The van der Waals surface area contributed by atoms with E-state index in [2.05, 4.69) is 0 Å². The summed E-state index contributed by atoms with van der Waals surface area (Å²) in [7, 11) is 0. The summed E-state index contributed by atoms with van der Waals surface area (Å²) in [6.45, 7) is 1.50. The molecule has 132 valence electrons. The Morgan fingerprint density at radius 1 is 0.545 bits per heavy atom. The van der Waals surface area contributed by atoms with Crippen LogP contribution in [0.2, 0.25) is 0 Å². The molecule has 6 nitrogen and oxygen atoms in total. The second kappa shape index (κ2) is 19.9. The van der Waals surface area contributed by atoms with E-state index in [0.29, 0.717) is 12.8 Å². The monoisotopic (exact) mass is 318 g/mol. The van der Waals surface area contributed by atoms with E-state index in [0.717, 1.165) is 77.3 Å². The molecule has 0 aliphatic heterocycles. The van der Waals surface area contributed by atoms with Crippen LogP contribution >= 0.6 is 0 Å². The highest BCUT2D eigenvalue weighted by molar-refractivity contribution is 5.66. The van der Waals surface area contributed by atoms with Crippen molar-refractivity contribution in [1.29, 1.82) is 0 Å². The molecule has 6 heteroatoms. The Morgan fingerprint density at radius 3 is 1.09 bits per heavy atom. The summed E-state index contributed by atoms with van der Waals surface area (Å²) in [5, 5.41) is 16.6. The molecule has 0 aliphatic rings. The van der Waals surface area contributed by atoms with Gasteiger partial charge in [-0.15, -0.1) is 0 Å². The van der Waals surface area contributed by atoms with E-state index in [9.17, 15) is 9.59 Å². The van der Waals surface area contributed by atoms with Gasteiger partial charge in [-0.3, -0.25) is 9.59 Å². The molecule has 0 atom stereocenters. The van der Waals surface area contributed by atoms with E-state index >= 15 is 0 Å². The van der Waals surface area contributed by atoms with Crippen molar-refractivity contribution >= 4 is 11.9 Å². The minimum Gasteiger partial charge on any atom is -0.481 e. The van der Waals surface area contributed by atoms with Crippen molar-refractivity contribution in [2.75, 3.05) is 13.1 Å². The van der Waals surface area contributed by atoms with Crippen LogP contribution in [0.25, 0.3) is 0 Å². The van der Waals surface area contributed by atoms with Gasteiger partial charge in [0.15, 0.2) is 0 Å². The molecule has 6 N–H and O–H groups in total.